The molecule has 3 nitrogen and oxygen atoms in total. The molecule has 0 radical (unpaired) electrons. The van der Waals surface area contributed by atoms with Crippen molar-refractivity contribution < 1.29 is 4.79 Å². The minimum atomic E-state index is -0.0536. The summed E-state index contributed by atoms with van der Waals surface area (Å²) in [6.45, 7) is 3.49. The van der Waals surface area contributed by atoms with Crippen LogP contribution in [0.4, 0.5) is 5.69 Å². The van der Waals surface area contributed by atoms with Crippen LogP contribution in [0, 0.1) is 6.92 Å². The first kappa shape index (κ1) is 13.8. The van der Waals surface area contributed by atoms with Gasteiger partial charge in [0, 0.05) is 39.8 Å². The summed E-state index contributed by atoms with van der Waals surface area (Å²) in [7, 11) is 1.71. The number of carbonyl (C=O) groups is 1. The second kappa shape index (κ2) is 4.97. The van der Waals surface area contributed by atoms with Gasteiger partial charge in [-0.25, -0.2) is 0 Å². The van der Waals surface area contributed by atoms with Gasteiger partial charge in [-0.2, -0.15) is 0 Å². The maximum Gasteiger partial charge on any atom is 0.223 e. The standard InChI is InChI=1S/C17H15NO2S/c1-10-4-6-15-13(8-10)17(20)14-9-12(18(3)11(2)19)5-7-16(14)21-15/h4-9H,1-3H3. The molecule has 0 unspecified atom stereocenters. The Morgan fingerprint density at radius 2 is 1.67 bits per heavy atom. The van der Waals surface area contributed by atoms with Crippen molar-refractivity contribution in [2.45, 2.75) is 13.8 Å². The molecule has 0 aliphatic carbocycles. The summed E-state index contributed by atoms with van der Waals surface area (Å²) >= 11 is 1.60. The third-order valence-electron chi connectivity index (χ3n) is 3.67. The lowest BCUT2D eigenvalue weighted by molar-refractivity contribution is -0.116. The van der Waals surface area contributed by atoms with E-state index >= 15 is 0 Å². The lowest BCUT2D eigenvalue weighted by atomic mass is 10.1. The summed E-state index contributed by atoms with van der Waals surface area (Å²) in [5.74, 6) is -0.0536. The van der Waals surface area contributed by atoms with Crippen molar-refractivity contribution >= 4 is 43.1 Å². The van der Waals surface area contributed by atoms with Gasteiger partial charge in [-0.05, 0) is 37.3 Å². The van der Waals surface area contributed by atoms with Gasteiger partial charge in [0.05, 0.1) is 0 Å². The van der Waals surface area contributed by atoms with E-state index in [0.717, 1.165) is 26.0 Å². The van der Waals surface area contributed by atoms with E-state index in [1.54, 1.807) is 29.4 Å². The normalized spacial score (nSPS) is 11.0. The summed E-state index contributed by atoms with van der Waals surface area (Å²) in [4.78, 5) is 25.7. The fraction of sp³-hybridized carbons (Fsp3) is 0.176. The Kier molecular flexibility index (Phi) is 3.26. The van der Waals surface area contributed by atoms with Crippen molar-refractivity contribution in [2.75, 3.05) is 11.9 Å². The first-order valence-electron chi connectivity index (χ1n) is 6.69. The van der Waals surface area contributed by atoms with Crippen molar-refractivity contribution in [2.24, 2.45) is 0 Å². The highest BCUT2D eigenvalue weighted by Gasteiger charge is 2.10. The summed E-state index contributed by atoms with van der Waals surface area (Å²) in [5, 5.41) is 1.42. The van der Waals surface area contributed by atoms with Crippen molar-refractivity contribution in [3.8, 4) is 0 Å². The first-order valence-corrected chi connectivity index (χ1v) is 7.50. The molecule has 0 spiro atoms. The van der Waals surface area contributed by atoms with Crippen LogP contribution in [0.5, 0.6) is 0 Å². The molecule has 4 heteroatoms. The second-order valence-corrected chi connectivity index (χ2v) is 6.27. The smallest absolute Gasteiger partial charge is 0.223 e. The van der Waals surface area contributed by atoms with Crippen LogP contribution < -0.4 is 10.3 Å². The van der Waals surface area contributed by atoms with Gasteiger partial charge in [-0.3, -0.25) is 9.59 Å². The number of benzene rings is 2. The Hall–Kier alpha value is -2.20. The fourth-order valence-electron chi connectivity index (χ4n) is 2.35. The Balaban J connectivity index is 2.34. The van der Waals surface area contributed by atoms with Gasteiger partial charge in [0.2, 0.25) is 5.91 Å². The molecule has 0 aliphatic rings. The SMILES string of the molecule is CC(=O)N(C)c1ccc2sc3ccc(C)cc3c(=O)c2c1. The van der Waals surface area contributed by atoms with Gasteiger partial charge in [0.1, 0.15) is 0 Å². The largest absolute Gasteiger partial charge is 0.316 e. The molecule has 106 valence electrons. The zero-order valence-electron chi connectivity index (χ0n) is 12.1. The van der Waals surface area contributed by atoms with Crippen molar-refractivity contribution in [1.29, 1.82) is 0 Å². The van der Waals surface area contributed by atoms with Gasteiger partial charge >= 0.3 is 0 Å². The molecule has 0 fully saturated rings. The average Bonchev–Trinajstić information content (AvgIpc) is 2.47. The molecule has 0 saturated heterocycles. The molecule has 1 aromatic heterocycles. The molecule has 0 N–H and O–H groups in total. The van der Waals surface area contributed by atoms with Gasteiger partial charge < -0.3 is 4.90 Å². The number of amides is 1. The maximum absolute atomic E-state index is 12.7. The van der Waals surface area contributed by atoms with Crippen molar-refractivity contribution in [3.05, 3.63) is 52.2 Å². The van der Waals surface area contributed by atoms with Crippen LogP contribution in [-0.2, 0) is 4.79 Å². The van der Waals surface area contributed by atoms with Gasteiger partial charge in [-0.15, -0.1) is 11.3 Å². The van der Waals surface area contributed by atoms with Crippen LogP contribution >= 0.6 is 11.3 Å². The van der Waals surface area contributed by atoms with Gasteiger partial charge in [0.25, 0.3) is 0 Å². The maximum atomic E-state index is 12.7. The highest BCUT2D eigenvalue weighted by Crippen LogP contribution is 2.28. The topological polar surface area (TPSA) is 37.4 Å². The van der Waals surface area contributed by atoms with Crippen LogP contribution in [-0.4, -0.2) is 13.0 Å². The zero-order valence-corrected chi connectivity index (χ0v) is 13.0. The molecule has 0 aliphatic heterocycles. The number of nitrogens with zero attached hydrogens (tertiary/aromatic N) is 1. The fourth-order valence-corrected chi connectivity index (χ4v) is 3.38. The number of hydrogen-bond donors (Lipinski definition) is 0. The van der Waals surface area contributed by atoms with Crippen LogP contribution in [0.25, 0.3) is 20.2 Å². The van der Waals surface area contributed by atoms with Crippen LogP contribution in [0.1, 0.15) is 12.5 Å². The molecule has 3 aromatic rings. The van der Waals surface area contributed by atoms with Gasteiger partial charge in [-0.1, -0.05) is 11.6 Å². The monoisotopic (exact) mass is 297 g/mol. The Morgan fingerprint density at radius 1 is 1.05 bits per heavy atom. The summed E-state index contributed by atoms with van der Waals surface area (Å²) < 4.78 is 1.93. The van der Waals surface area contributed by atoms with E-state index in [-0.39, 0.29) is 11.3 Å². The highest BCUT2D eigenvalue weighted by molar-refractivity contribution is 7.24. The average molecular weight is 297 g/mol. The number of carbonyl (C=O) groups excluding carboxylic acids is 1. The van der Waals surface area contributed by atoms with Crippen LogP contribution in [0.2, 0.25) is 0 Å². The first-order chi connectivity index (χ1) is 9.97. The number of fused-ring (bicyclic) bond motifs is 2. The third-order valence-corrected chi connectivity index (χ3v) is 4.82. The Morgan fingerprint density at radius 3 is 2.33 bits per heavy atom. The predicted octanol–water partition coefficient (Wildman–Crippen LogP) is 3.71. The molecule has 2 aromatic carbocycles. The van der Waals surface area contributed by atoms with E-state index in [1.165, 1.54) is 6.92 Å². The number of rotatable bonds is 1. The van der Waals surface area contributed by atoms with Crippen molar-refractivity contribution in [3.63, 3.8) is 0 Å². The number of aryl methyl sites for hydroxylation is 1. The minimum absolute atomic E-state index is 0.0289. The molecule has 1 heterocycles. The molecular weight excluding hydrogens is 282 g/mol. The van der Waals surface area contributed by atoms with Gasteiger partial charge in [0.15, 0.2) is 5.43 Å². The molecule has 0 saturated carbocycles. The molecular formula is C17H15NO2S. The molecule has 0 bridgehead atoms. The molecule has 1 amide bonds. The van der Waals surface area contributed by atoms with Crippen LogP contribution in [0.15, 0.2) is 41.2 Å². The Bertz CT molecular complexity index is 927. The number of hydrogen-bond acceptors (Lipinski definition) is 3. The molecule has 3 rings (SSSR count). The van der Waals surface area contributed by atoms with E-state index in [9.17, 15) is 9.59 Å². The van der Waals surface area contributed by atoms with E-state index in [1.807, 2.05) is 37.3 Å². The summed E-state index contributed by atoms with van der Waals surface area (Å²) in [5.41, 5.74) is 1.84. The van der Waals surface area contributed by atoms with E-state index < -0.39 is 0 Å². The molecule has 21 heavy (non-hydrogen) atoms. The summed E-state index contributed by atoms with van der Waals surface area (Å²) in [6.07, 6.45) is 0. The predicted molar refractivity (Wildman–Crippen MR) is 89.4 cm³/mol. The minimum Gasteiger partial charge on any atom is -0.316 e. The Labute approximate surface area is 126 Å². The van der Waals surface area contributed by atoms with E-state index in [0.29, 0.717) is 5.39 Å². The second-order valence-electron chi connectivity index (χ2n) is 5.19. The zero-order chi connectivity index (χ0) is 15.1. The van der Waals surface area contributed by atoms with Crippen LogP contribution in [0.3, 0.4) is 0 Å². The molecule has 0 atom stereocenters. The van der Waals surface area contributed by atoms with Crippen molar-refractivity contribution in [1.82, 2.24) is 0 Å². The lowest BCUT2D eigenvalue weighted by Gasteiger charge is -2.15. The lowest BCUT2D eigenvalue weighted by Crippen LogP contribution is -2.22. The van der Waals surface area contributed by atoms with E-state index in [2.05, 4.69) is 0 Å². The third kappa shape index (κ3) is 2.32. The number of anilines is 1. The quantitative estimate of drug-likeness (QED) is 0.642. The van der Waals surface area contributed by atoms with E-state index in [4.69, 9.17) is 0 Å². The summed E-state index contributed by atoms with van der Waals surface area (Å²) in [6, 6.07) is 11.5. The highest BCUT2D eigenvalue weighted by atomic mass is 32.1.